The van der Waals surface area contributed by atoms with Gasteiger partial charge in [-0.15, -0.1) is 0 Å². The summed E-state index contributed by atoms with van der Waals surface area (Å²) in [5.41, 5.74) is -0.515. The minimum absolute atomic E-state index is 0.194. The third-order valence-electron chi connectivity index (χ3n) is 6.10. The van der Waals surface area contributed by atoms with E-state index in [1.807, 2.05) is 0 Å². The topological polar surface area (TPSA) is 75.6 Å². The number of aromatic carboxylic acids is 1. The van der Waals surface area contributed by atoms with Crippen molar-refractivity contribution < 1.29 is 19.4 Å². The van der Waals surface area contributed by atoms with Crippen LogP contribution in [-0.4, -0.2) is 23.6 Å². The van der Waals surface area contributed by atoms with E-state index < -0.39 is 17.4 Å². The van der Waals surface area contributed by atoms with Crippen LogP contribution in [0.25, 0.3) is 0 Å². The molecule has 2 aromatic rings. The van der Waals surface area contributed by atoms with Crippen LogP contribution < -0.4 is 10.1 Å². The van der Waals surface area contributed by atoms with E-state index >= 15 is 0 Å². The van der Waals surface area contributed by atoms with Gasteiger partial charge < -0.3 is 15.2 Å². The van der Waals surface area contributed by atoms with Crippen molar-refractivity contribution in [2.45, 2.75) is 84.0 Å². The number of halogens is 4. The molecule has 2 aromatic carbocycles. The lowest BCUT2D eigenvalue weighted by Crippen LogP contribution is -2.18. The zero-order chi connectivity index (χ0) is 27.2. The van der Waals surface area contributed by atoms with Crippen LogP contribution in [0, 0.1) is 0 Å². The lowest BCUT2D eigenvalue weighted by atomic mass is 10.1. The van der Waals surface area contributed by atoms with Gasteiger partial charge >= 0.3 is 5.97 Å². The predicted octanol–water partition coefficient (Wildman–Crippen LogP) is 10.3. The summed E-state index contributed by atoms with van der Waals surface area (Å²) in [6, 6.07) is 6.91. The molecule has 0 aromatic heterocycles. The van der Waals surface area contributed by atoms with Gasteiger partial charge in [0, 0.05) is 0 Å². The zero-order valence-electron chi connectivity index (χ0n) is 21.2. The molecule has 0 heterocycles. The van der Waals surface area contributed by atoms with Gasteiger partial charge in [0.25, 0.3) is 5.91 Å². The number of hydrogen-bond donors (Lipinski definition) is 2. The highest BCUT2D eigenvalue weighted by Gasteiger charge is 2.29. The monoisotopic (exact) mass is 589 g/mol. The van der Waals surface area contributed by atoms with Crippen LogP contribution in [0.15, 0.2) is 24.3 Å². The number of anilines is 1. The molecule has 0 aliphatic rings. The van der Waals surface area contributed by atoms with Gasteiger partial charge in [0.1, 0.15) is 5.75 Å². The molecule has 2 rings (SSSR count). The van der Waals surface area contributed by atoms with E-state index in [1.165, 1.54) is 64.2 Å². The zero-order valence-corrected chi connectivity index (χ0v) is 24.2. The molecule has 0 fully saturated rings. The van der Waals surface area contributed by atoms with Crippen LogP contribution in [0.3, 0.4) is 0 Å². The Morgan fingerprint density at radius 2 is 1.22 bits per heavy atom. The molecule has 0 saturated carbocycles. The quantitative estimate of drug-likeness (QED) is 0.109. The number of ether oxygens (including phenoxy) is 1. The van der Waals surface area contributed by atoms with Crippen LogP contribution in [0.1, 0.15) is 105 Å². The maximum atomic E-state index is 13.0. The third kappa shape index (κ3) is 9.86. The lowest BCUT2D eigenvalue weighted by Gasteiger charge is -2.16. The highest BCUT2D eigenvalue weighted by atomic mass is 35.5. The van der Waals surface area contributed by atoms with Gasteiger partial charge in [-0.3, -0.25) is 4.79 Å². The van der Waals surface area contributed by atoms with E-state index in [2.05, 4.69) is 12.2 Å². The fourth-order valence-corrected chi connectivity index (χ4v) is 5.07. The number of carboxylic acids is 1. The summed E-state index contributed by atoms with van der Waals surface area (Å²) in [7, 11) is 0. The number of carboxylic acid groups (broad SMARTS) is 1. The van der Waals surface area contributed by atoms with Crippen molar-refractivity contribution in [2.75, 3.05) is 11.9 Å². The molecule has 37 heavy (non-hydrogen) atoms. The average Bonchev–Trinajstić information content (AvgIpc) is 2.88. The fourth-order valence-electron chi connectivity index (χ4n) is 4.05. The van der Waals surface area contributed by atoms with E-state index in [0.717, 1.165) is 12.8 Å². The second-order valence-electron chi connectivity index (χ2n) is 9.00. The van der Waals surface area contributed by atoms with Crippen molar-refractivity contribution >= 4 is 64.0 Å². The minimum Gasteiger partial charge on any atom is -0.491 e. The number of hydrogen-bond acceptors (Lipinski definition) is 3. The summed E-state index contributed by atoms with van der Waals surface area (Å²) < 4.78 is 5.90. The summed E-state index contributed by atoms with van der Waals surface area (Å²) in [6.07, 6.45) is 15.0. The van der Waals surface area contributed by atoms with Gasteiger partial charge in [-0.25, -0.2) is 4.79 Å². The molecule has 0 aliphatic heterocycles. The van der Waals surface area contributed by atoms with Gasteiger partial charge in [0.2, 0.25) is 0 Å². The second-order valence-corrected chi connectivity index (χ2v) is 10.5. The van der Waals surface area contributed by atoms with Gasteiger partial charge in [-0.2, -0.15) is 0 Å². The first kappa shape index (κ1) is 31.6. The minimum atomic E-state index is -1.45. The Balaban J connectivity index is 1.85. The number of unbranched alkanes of at least 4 members (excludes halogenated alkanes) is 11. The Morgan fingerprint density at radius 1 is 0.730 bits per heavy atom. The number of carbonyl (C=O) groups excluding carboxylic acids is 1. The van der Waals surface area contributed by atoms with Gasteiger partial charge in [-0.05, 0) is 18.6 Å². The van der Waals surface area contributed by atoms with Crippen molar-refractivity contribution in [1.82, 2.24) is 0 Å². The molecular weight excluding hydrogens is 556 g/mol. The van der Waals surface area contributed by atoms with Crippen molar-refractivity contribution in [3.8, 4) is 5.75 Å². The molecule has 1 amide bonds. The van der Waals surface area contributed by atoms with E-state index in [4.69, 9.17) is 51.1 Å². The van der Waals surface area contributed by atoms with Crippen molar-refractivity contribution in [3.05, 3.63) is 55.5 Å². The van der Waals surface area contributed by atoms with Gasteiger partial charge in [-0.1, -0.05) is 136 Å². The van der Waals surface area contributed by atoms with Crippen LogP contribution in [0.4, 0.5) is 5.69 Å². The molecule has 0 spiro atoms. The molecule has 9 heteroatoms. The molecule has 204 valence electrons. The SMILES string of the molecule is CCCCCCCCCCCCCCOc1ccccc1NC(=O)c1c(Cl)c(Cl)c(Cl)c(Cl)c1C(=O)O. The number of amides is 1. The number of carbonyl (C=O) groups is 2. The molecule has 0 atom stereocenters. The standard InChI is InChI=1S/C28H35Cl4NO4/c1-2-3-4-5-6-7-8-9-10-11-12-15-18-37-20-17-14-13-16-19(20)33-27(34)21-22(28(35)36)24(30)26(32)25(31)23(21)29/h13-14,16-17H,2-12,15,18H2,1H3,(H,33,34)(H,35,36). The smallest absolute Gasteiger partial charge is 0.338 e. The molecule has 0 bridgehead atoms. The van der Waals surface area contributed by atoms with Crippen LogP contribution in [0.5, 0.6) is 5.75 Å². The number of rotatable bonds is 17. The van der Waals surface area contributed by atoms with Crippen LogP contribution >= 0.6 is 46.4 Å². The summed E-state index contributed by atoms with van der Waals surface area (Å²) in [5.74, 6) is -1.77. The molecule has 0 radical (unpaired) electrons. The maximum absolute atomic E-state index is 13.0. The van der Waals surface area contributed by atoms with Crippen LogP contribution in [-0.2, 0) is 0 Å². The molecule has 0 unspecified atom stereocenters. The van der Waals surface area contributed by atoms with Crippen molar-refractivity contribution in [2.24, 2.45) is 0 Å². The summed E-state index contributed by atoms with van der Waals surface area (Å²) >= 11 is 24.3. The van der Waals surface area contributed by atoms with Crippen LogP contribution in [0.2, 0.25) is 20.1 Å². The first-order chi connectivity index (χ1) is 17.8. The molecular formula is C28H35Cl4NO4. The van der Waals surface area contributed by atoms with Gasteiger partial charge in [0.05, 0.1) is 43.5 Å². The van der Waals surface area contributed by atoms with E-state index in [0.29, 0.717) is 18.0 Å². The van der Waals surface area contributed by atoms with E-state index in [-0.39, 0.29) is 25.7 Å². The van der Waals surface area contributed by atoms with Gasteiger partial charge in [0.15, 0.2) is 0 Å². The number of para-hydroxylation sites is 2. The van der Waals surface area contributed by atoms with Crippen molar-refractivity contribution in [3.63, 3.8) is 0 Å². The Hall–Kier alpha value is -1.66. The highest BCUT2D eigenvalue weighted by Crippen LogP contribution is 2.42. The molecule has 5 nitrogen and oxygen atoms in total. The number of benzene rings is 2. The predicted molar refractivity (Wildman–Crippen MR) is 154 cm³/mol. The van der Waals surface area contributed by atoms with Crippen molar-refractivity contribution in [1.29, 1.82) is 0 Å². The Bertz CT molecular complexity index is 1050. The van der Waals surface area contributed by atoms with E-state index in [1.54, 1.807) is 24.3 Å². The van der Waals surface area contributed by atoms with E-state index in [9.17, 15) is 14.7 Å². The Labute approximate surface area is 239 Å². The maximum Gasteiger partial charge on any atom is 0.338 e. The largest absolute Gasteiger partial charge is 0.491 e. The summed E-state index contributed by atoms with van der Waals surface area (Å²) in [5, 5.41) is 11.2. The highest BCUT2D eigenvalue weighted by molar-refractivity contribution is 6.54. The lowest BCUT2D eigenvalue weighted by molar-refractivity contribution is 0.0692. The number of nitrogens with one attached hydrogen (secondary N) is 1. The molecule has 0 aliphatic carbocycles. The Kier molecular flexibility index (Phi) is 14.5. The first-order valence-electron chi connectivity index (χ1n) is 12.9. The fraction of sp³-hybridized carbons (Fsp3) is 0.500. The second kappa shape index (κ2) is 17.0. The molecule has 2 N–H and O–H groups in total. The third-order valence-corrected chi connectivity index (χ3v) is 7.90. The molecule has 0 saturated heterocycles. The average molecular weight is 591 g/mol. The first-order valence-corrected chi connectivity index (χ1v) is 14.4. The Morgan fingerprint density at radius 3 is 1.76 bits per heavy atom. The summed E-state index contributed by atoms with van der Waals surface area (Å²) in [4.78, 5) is 24.8. The normalized spacial score (nSPS) is 10.9. The summed E-state index contributed by atoms with van der Waals surface area (Å²) in [6.45, 7) is 2.75.